The number of nitrogens with one attached hydrogen (secondary N) is 1. The van der Waals surface area contributed by atoms with E-state index in [9.17, 15) is 10.1 Å². The average Bonchev–Trinajstić information content (AvgIpc) is 2.98. The molecule has 8 nitrogen and oxygen atoms in total. The number of aromatic nitrogens is 2. The third-order valence-electron chi connectivity index (χ3n) is 2.48. The molecule has 2 rings (SSSR count). The Morgan fingerprint density at radius 1 is 1.44 bits per heavy atom. The molecule has 0 saturated carbocycles. The summed E-state index contributed by atoms with van der Waals surface area (Å²) in [6, 6.07) is 2.63. The maximum absolute atomic E-state index is 10.5. The molecule has 2 heterocycles. The Morgan fingerprint density at radius 2 is 2.22 bits per heavy atom. The van der Waals surface area contributed by atoms with E-state index in [-0.39, 0.29) is 23.6 Å². The first-order valence-corrected chi connectivity index (χ1v) is 5.41. The van der Waals surface area contributed by atoms with Crippen molar-refractivity contribution < 1.29 is 13.8 Å². The third kappa shape index (κ3) is 2.23. The van der Waals surface area contributed by atoms with Crippen LogP contribution >= 0.6 is 0 Å². The molecule has 2 aromatic rings. The monoisotopic (exact) mass is 252 g/mol. The summed E-state index contributed by atoms with van der Waals surface area (Å²) >= 11 is 0. The van der Waals surface area contributed by atoms with Crippen LogP contribution in [0.1, 0.15) is 25.3 Å². The first-order valence-electron chi connectivity index (χ1n) is 5.41. The molecule has 0 bridgehead atoms. The van der Waals surface area contributed by atoms with Crippen molar-refractivity contribution in [3.8, 4) is 11.7 Å². The molecule has 0 aliphatic rings. The van der Waals surface area contributed by atoms with Crippen LogP contribution in [0.3, 0.4) is 0 Å². The van der Waals surface area contributed by atoms with Crippen LogP contribution in [0, 0.1) is 10.1 Å². The quantitative estimate of drug-likeness (QED) is 0.639. The van der Waals surface area contributed by atoms with Crippen molar-refractivity contribution in [2.45, 2.75) is 19.4 Å². The van der Waals surface area contributed by atoms with E-state index in [0.29, 0.717) is 5.89 Å². The standard InChI is InChI=1S/C10H12N4O4/c1-3-6(11-2)9-12-13-10(18-9)7-4-5-8(17-7)14(15)16/h4-6,11H,3H2,1-2H3. The van der Waals surface area contributed by atoms with Gasteiger partial charge in [0.2, 0.25) is 5.89 Å². The normalized spacial score (nSPS) is 12.6. The van der Waals surface area contributed by atoms with Gasteiger partial charge in [0.05, 0.1) is 12.1 Å². The molecule has 96 valence electrons. The molecule has 0 aliphatic heterocycles. The number of furan rings is 1. The largest absolute Gasteiger partial charge is 0.433 e. The topological polar surface area (TPSA) is 107 Å². The molecule has 0 fully saturated rings. The molecular formula is C10H12N4O4. The first-order chi connectivity index (χ1) is 8.65. The van der Waals surface area contributed by atoms with Crippen molar-refractivity contribution >= 4 is 5.88 Å². The summed E-state index contributed by atoms with van der Waals surface area (Å²) in [5, 5.41) is 21.2. The van der Waals surface area contributed by atoms with Gasteiger partial charge in [0.25, 0.3) is 5.89 Å². The number of nitro groups is 1. The van der Waals surface area contributed by atoms with Crippen LogP contribution in [-0.2, 0) is 0 Å². The molecule has 8 heteroatoms. The van der Waals surface area contributed by atoms with E-state index in [1.165, 1.54) is 12.1 Å². The van der Waals surface area contributed by atoms with E-state index in [1.54, 1.807) is 7.05 Å². The molecule has 0 radical (unpaired) electrons. The fourth-order valence-corrected chi connectivity index (χ4v) is 1.52. The van der Waals surface area contributed by atoms with Gasteiger partial charge in [0, 0.05) is 0 Å². The van der Waals surface area contributed by atoms with Gasteiger partial charge in [-0.25, -0.2) is 0 Å². The van der Waals surface area contributed by atoms with Gasteiger partial charge in [-0.2, -0.15) is 0 Å². The predicted octanol–water partition coefficient (Wildman–Crippen LogP) is 1.91. The molecular weight excluding hydrogens is 240 g/mol. The second kappa shape index (κ2) is 4.96. The van der Waals surface area contributed by atoms with Crippen molar-refractivity contribution in [1.82, 2.24) is 15.5 Å². The van der Waals surface area contributed by atoms with Crippen LogP contribution in [0.25, 0.3) is 11.7 Å². The summed E-state index contributed by atoms with van der Waals surface area (Å²) in [5.41, 5.74) is 0. The minimum absolute atomic E-state index is 0.0452. The lowest BCUT2D eigenvalue weighted by Gasteiger charge is -2.06. The number of hydrogen-bond acceptors (Lipinski definition) is 7. The van der Waals surface area contributed by atoms with E-state index in [4.69, 9.17) is 8.83 Å². The van der Waals surface area contributed by atoms with Crippen LogP contribution in [-0.4, -0.2) is 22.2 Å². The predicted molar refractivity (Wildman–Crippen MR) is 60.7 cm³/mol. The minimum Gasteiger partial charge on any atom is -0.416 e. The Labute approximate surface area is 102 Å². The van der Waals surface area contributed by atoms with E-state index >= 15 is 0 Å². The Bertz CT molecular complexity index is 544. The smallest absolute Gasteiger partial charge is 0.416 e. The molecule has 0 saturated heterocycles. The summed E-state index contributed by atoms with van der Waals surface area (Å²) in [4.78, 5) is 9.87. The second-order valence-electron chi connectivity index (χ2n) is 3.59. The van der Waals surface area contributed by atoms with Gasteiger partial charge in [0.1, 0.15) is 4.92 Å². The number of nitrogens with zero attached hydrogens (tertiary/aromatic N) is 3. The highest BCUT2D eigenvalue weighted by atomic mass is 16.6. The zero-order valence-electron chi connectivity index (χ0n) is 9.91. The fraction of sp³-hybridized carbons (Fsp3) is 0.400. The van der Waals surface area contributed by atoms with Gasteiger partial charge < -0.3 is 14.2 Å². The van der Waals surface area contributed by atoms with E-state index in [2.05, 4.69) is 15.5 Å². The van der Waals surface area contributed by atoms with Crippen molar-refractivity contribution in [2.24, 2.45) is 0 Å². The molecule has 18 heavy (non-hydrogen) atoms. The number of rotatable bonds is 5. The molecule has 1 N–H and O–H groups in total. The van der Waals surface area contributed by atoms with Gasteiger partial charge in [-0.05, 0) is 19.5 Å². The van der Waals surface area contributed by atoms with Crippen molar-refractivity contribution in [3.05, 3.63) is 28.1 Å². The third-order valence-corrected chi connectivity index (χ3v) is 2.48. The van der Waals surface area contributed by atoms with E-state index < -0.39 is 4.92 Å². The molecule has 1 atom stereocenters. The lowest BCUT2D eigenvalue weighted by Crippen LogP contribution is -2.15. The second-order valence-corrected chi connectivity index (χ2v) is 3.59. The van der Waals surface area contributed by atoms with Crippen LogP contribution in [0.4, 0.5) is 5.88 Å². The van der Waals surface area contributed by atoms with Crippen molar-refractivity contribution in [3.63, 3.8) is 0 Å². The SMILES string of the molecule is CCC(NC)c1nnc(-c2ccc([N+](=O)[O-])o2)o1. The van der Waals surface area contributed by atoms with E-state index in [0.717, 1.165) is 6.42 Å². The molecule has 0 aromatic carbocycles. The zero-order valence-corrected chi connectivity index (χ0v) is 9.91. The van der Waals surface area contributed by atoms with Crippen LogP contribution in [0.15, 0.2) is 21.0 Å². The van der Waals surface area contributed by atoms with Gasteiger partial charge in [-0.15, -0.1) is 10.2 Å². The first kappa shape index (κ1) is 12.2. The minimum atomic E-state index is -0.622. The highest BCUT2D eigenvalue weighted by molar-refractivity contribution is 5.46. The molecule has 0 amide bonds. The summed E-state index contributed by atoms with van der Waals surface area (Å²) in [6.45, 7) is 1.97. The van der Waals surface area contributed by atoms with Gasteiger partial charge in [0.15, 0.2) is 5.76 Å². The van der Waals surface area contributed by atoms with Gasteiger partial charge >= 0.3 is 5.88 Å². The summed E-state index contributed by atoms with van der Waals surface area (Å²) in [5.74, 6) is 0.387. The highest BCUT2D eigenvalue weighted by Crippen LogP contribution is 2.26. The Morgan fingerprint density at radius 3 is 2.78 bits per heavy atom. The Kier molecular flexibility index (Phi) is 3.38. The van der Waals surface area contributed by atoms with E-state index in [1.807, 2.05) is 6.92 Å². The van der Waals surface area contributed by atoms with Crippen molar-refractivity contribution in [1.29, 1.82) is 0 Å². The summed E-state index contributed by atoms with van der Waals surface area (Å²) < 4.78 is 10.4. The lowest BCUT2D eigenvalue weighted by molar-refractivity contribution is -0.401. The summed E-state index contributed by atoms with van der Waals surface area (Å²) in [7, 11) is 1.79. The summed E-state index contributed by atoms with van der Waals surface area (Å²) in [6.07, 6.45) is 0.788. The van der Waals surface area contributed by atoms with Crippen molar-refractivity contribution in [2.75, 3.05) is 7.05 Å². The van der Waals surface area contributed by atoms with Gasteiger partial charge in [-0.3, -0.25) is 10.1 Å². The molecule has 2 aromatic heterocycles. The van der Waals surface area contributed by atoms with Gasteiger partial charge in [-0.1, -0.05) is 6.92 Å². The van der Waals surface area contributed by atoms with Crippen LogP contribution in [0.5, 0.6) is 0 Å². The number of hydrogen-bond donors (Lipinski definition) is 1. The molecule has 1 unspecified atom stereocenters. The van der Waals surface area contributed by atoms with Crippen LogP contribution in [0.2, 0.25) is 0 Å². The fourth-order valence-electron chi connectivity index (χ4n) is 1.52. The average molecular weight is 252 g/mol. The molecule has 0 spiro atoms. The van der Waals surface area contributed by atoms with Crippen LogP contribution < -0.4 is 5.32 Å². The highest BCUT2D eigenvalue weighted by Gasteiger charge is 2.20. The lowest BCUT2D eigenvalue weighted by atomic mass is 10.2. The molecule has 0 aliphatic carbocycles. The maximum atomic E-state index is 10.5. The zero-order chi connectivity index (χ0) is 13.1. The Balaban J connectivity index is 2.26. The maximum Gasteiger partial charge on any atom is 0.433 e. The Hall–Kier alpha value is -2.22.